The molecule has 0 unspecified atom stereocenters. The lowest BCUT2D eigenvalue weighted by Gasteiger charge is -2.08. The van der Waals surface area contributed by atoms with E-state index in [-0.39, 0.29) is 5.56 Å². The van der Waals surface area contributed by atoms with Crippen molar-refractivity contribution in [2.45, 2.75) is 12.8 Å². The molecule has 1 aromatic carbocycles. The second kappa shape index (κ2) is 5.47. The predicted octanol–water partition coefficient (Wildman–Crippen LogP) is 2.19. The minimum absolute atomic E-state index is 0.117. The molecule has 0 aromatic heterocycles. The van der Waals surface area contributed by atoms with Crippen molar-refractivity contribution in [2.75, 3.05) is 20.6 Å². The smallest absolute Gasteiger partial charge is 0.141 e. The molecule has 3 heteroatoms. The number of hydrogen-bond acceptors (Lipinski definition) is 2. The average Bonchev–Trinajstić information content (AvgIpc) is 2.17. The van der Waals surface area contributed by atoms with Crippen molar-refractivity contribution in [3.05, 3.63) is 35.1 Å². The van der Waals surface area contributed by atoms with E-state index in [4.69, 9.17) is 5.26 Å². The highest BCUT2D eigenvalue weighted by molar-refractivity contribution is 5.33. The third kappa shape index (κ3) is 3.69. The van der Waals surface area contributed by atoms with Gasteiger partial charge in [-0.1, -0.05) is 6.07 Å². The molecule has 1 aromatic rings. The summed E-state index contributed by atoms with van der Waals surface area (Å²) in [6.07, 6.45) is 1.85. The quantitative estimate of drug-likeness (QED) is 0.755. The molecule has 80 valence electrons. The number of aryl methyl sites for hydroxylation is 1. The second-order valence-electron chi connectivity index (χ2n) is 3.83. The van der Waals surface area contributed by atoms with E-state index in [2.05, 4.69) is 4.90 Å². The highest BCUT2D eigenvalue weighted by atomic mass is 19.1. The maximum absolute atomic E-state index is 13.2. The van der Waals surface area contributed by atoms with Crippen molar-refractivity contribution >= 4 is 0 Å². The van der Waals surface area contributed by atoms with Gasteiger partial charge in [0, 0.05) is 0 Å². The molecule has 0 aliphatic rings. The first-order chi connectivity index (χ1) is 7.13. The third-order valence-corrected chi connectivity index (χ3v) is 2.22. The van der Waals surface area contributed by atoms with Gasteiger partial charge in [-0.15, -0.1) is 0 Å². The largest absolute Gasteiger partial charge is 0.309 e. The highest BCUT2D eigenvalue weighted by Gasteiger charge is 2.02. The molecule has 0 saturated heterocycles. The van der Waals surface area contributed by atoms with Crippen molar-refractivity contribution in [3.63, 3.8) is 0 Å². The fourth-order valence-electron chi connectivity index (χ4n) is 1.40. The van der Waals surface area contributed by atoms with E-state index < -0.39 is 5.82 Å². The van der Waals surface area contributed by atoms with Crippen LogP contribution in [-0.2, 0) is 6.42 Å². The Morgan fingerprint density at radius 3 is 2.67 bits per heavy atom. The van der Waals surface area contributed by atoms with E-state index in [9.17, 15) is 4.39 Å². The Balaban J connectivity index is 2.57. The Morgan fingerprint density at radius 2 is 2.13 bits per heavy atom. The van der Waals surface area contributed by atoms with Gasteiger partial charge in [0.2, 0.25) is 0 Å². The number of benzene rings is 1. The van der Waals surface area contributed by atoms with Gasteiger partial charge in [0.05, 0.1) is 5.56 Å². The molecule has 0 bridgehead atoms. The molecule has 15 heavy (non-hydrogen) atoms. The zero-order chi connectivity index (χ0) is 11.3. The molecule has 0 radical (unpaired) electrons. The average molecular weight is 206 g/mol. The molecule has 0 N–H and O–H groups in total. The Hall–Kier alpha value is -1.40. The van der Waals surface area contributed by atoms with Crippen LogP contribution >= 0.6 is 0 Å². The van der Waals surface area contributed by atoms with Gasteiger partial charge in [-0.05, 0) is 51.2 Å². The van der Waals surface area contributed by atoms with Gasteiger partial charge in [0.25, 0.3) is 0 Å². The summed E-state index contributed by atoms with van der Waals surface area (Å²) in [7, 11) is 4.03. The molecule has 1 rings (SSSR count). The second-order valence-corrected chi connectivity index (χ2v) is 3.83. The zero-order valence-electron chi connectivity index (χ0n) is 9.13. The van der Waals surface area contributed by atoms with Crippen molar-refractivity contribution < 1.29 is 4.39 Å². The van der Waals surface area contributed by atoms with Gasteiger partial charge in [0.1, 0.15) is 11.9 Å². The van der Waals surface area contributed by atoms with E-state index in [0.717, 1.165) is 24.9 Å². The zero-order valence-corrected chi connectivity index (χ0v) is 9.13. The fraction of sp³-hybridized carbons (Fsp3) is 0.417. The SMILES string of the molecule is CN(C)CCCc1ccc(C#N)c(F)c1. The van der Waals surface area contributed by atoms with Crippen molar-refractivity contribution in [1.82, 2.24) is 4.90 Å². The van der Waals surface area contributed by atoms with Gasteiger partial charge < -0.3 is 4.90 Å². The van der Waals surface area contributed by atoms with Crippen LogP contribution in [0.5, 0.6) is 0 Å². The minimum Gasteiger partial charge on any atom is -0.309 e. The fourth-order valence-corrected chi connectivity index (χ4v) is 1.40. The molecule has 0 saturated carbocycles. The van der Waals surface area contributed by atoms with Crippen LogP contribution in [0.15, 0.2) is 18.2 Å². The summed E-state index contributed by atoms with van der Waals surface area (Å²) in [5.41, 5.74) is 1.07. The molecule has 0 heterocycles. The molecule has 0 amide bonds. The van der Waals surface area contributed by atoms with Gasteiger partial charge in [-0.3, -0.25) is 0 Å². The first-order valence-corrected chi connectivity index (χ1v) is 4.96. The molecule has 0 spiro atoms. The summed E-state index contributed by atoms with van der Waals surface area (Å²) < 4.78 is 13.2. The van der Waals surface area contributed by atoms with E-state index in [1.165, 1.54) is 6.07 Å². The lowest BCUT2D eigenvalue weighted by atomic mass is 10.1. The maximum Gasteiger partial charge on any atom is 0.141 e. The van der Waals surface area contributed by atoms with Crippen molar-refractivity contribution in [2.24, 2.45) is 0 Å². The van der Waals surface area contributed by atoms with E-state index in [1.807, 2.05) is 26.2 Å². The minimum atomic E-state index is -0.417. The Labute approximate surface area is 89.9 Å². The lowest BCUT2D eigenvalue weighted by molar-refractivity contribution is 0.400. The van der Waals surface area contributed by atoms with E-state index in [0.29, 0.717) is 0 Å². The number of nitriles is 1. The number of halogens is 1. The summed E-state index contributed by atoms with van der Waals surface area (Å²) >= 11 is 0. The lowest BCUT2D eigenvalue weighted by Crippen LogP contribution is -2.13. The normalized spacial score (nSPS) is 10.3. The van der Waals surface area contributed by atoms with Gasteiger partial charge in [-0.25, -0.2) is 4.39 Å². The van der Waals surface area contributed by atoms with Crippen LogP contribution in [0.2, 0.25) is 0 Å². The molecule has 0 fully saturated rings. The highest BCUT2D eigenvalue weighted by Crippen LogP contribution is 2.11. The Morgan fingerprint density at radius 1 is 1.40 bits per heavy atom. The predicted molar refractivity (Wildman–Crippen MR) is 58.0 cm³/mol. The monoisotopic (exact) mass is 206 g/mol. The van der Waals surface area contributed by atoms with Crippen molar-refractivity contribution in [3.8, 4) is 6.07 Å². The van der Waals surface area contributed by atoms with Crippen molar-refractivity contribution in [1.29, 1.82) is 5.26 Å². The van der Waals surface area contributed by atoms with Crippen LogP contribution < -0.4 is 0 Å². The van der Waals surface area contributed by atoms with E-state index in [1.54, 1.807) is 6.07 Å². The third-order valence-electron chi connectivity index (χ3n) is 2.22. The van der Waals surface area contributed by atoms with Gasteiger partial charge in [0.15, 0.2) is 0 Å². The van der Waals surface area contributed by atoms with Crippen LogP contribution in [0, 0.1) is 17.1 Å². The molecule has 0 aliphatic carbocycles. The summed E-state index contributed by atoms with van der Waals surface area (Å²) in [4.78, 5) is 2.10. The van der Waals surface area contributed by atoms with E-state index >= 15 is 0 Å². The van der Waals surface area contributed by atoms with Crippen LogP contribution in [0.25, 0.3) is 0 Å². The molecular weight excluding hydrogens is 191 g/mol. The molecule has 0 atom stereocenters. The summed E-state index contributed by atoms with van der Waals surface area (Å²) in [6, 6.07) is 6.62. The van der Waals surface area contributed by atoms with Crippen LogP contribution in [0.1, 0.15) is 17.5 Å². The summed E-state index contributed by atoms with van der Waals surface area (Å²) in [5, 5.41) is 8.56. The maximum atomic E-state index is 13.2. The standard InChI is InChI=1S/C12H15FN2/c1-15(2)7-3-4-10-5-6-11(9-14)12(13)8-10/h5-6,8H,3-4,7H2,1-2H3. The number of nitrogens with zero attached hydrogens (tertiary/aromatic N) is 2. The first-order valence-electron chi connectivity index (χ1n) is 4.96. The number of hydrogen-bond donors (Lipinski definition) is 0. The first kappa shape index (κ1) is 11.7. The Bertz CT molecular complexity index is 366. The topological polar surface area (TPSA) is 27.0 Å². The van der Waals surface area contributed by atoms with Crippen LogP contribution in [0.3, 0.4) is 0 Å². The van der Waals surface area contributed by atoms with Gasteiger partial charge in [-0.2, -0.15) is 5.26 Å². The summed E-state index contributed by atoms with van der Waals surface area (Å²) in [6.45, 7) is 0.988. The van der Waals surface area contributed by atoms with Crippen LogP contribution in [-0.4, -0.2) is 25.5 Å². The van der Waals surface area contributed by atoms with Crippen LogP contribution in [0.4, 0.5) is 4.39 Å². The molecule has 0 aliphatic heterocycles. The molecule has 2 nitrogen and oxygen atoms in total. The molecular formula is C12H15FN2. The Kier molecular flexibility index (Phi) is 4.26. The summed E-state index contributed by atoms with van der Waals surface area (Å²) in [5.74, 6) is -0.417. The number of rotatable bonds is 4. The van der Waals surface area contributed by atoms with Gasteiger partial charge >= 0.3 is 0 Å².